The molecule has 26 valence electrons. The molecule has 0 amide bonds. The fraction of sp³-hybridized carbons (Fsp3) is 1.00. The molecule has 0 fully saturated rings. The van der Waals surface area contributed by atoms with Crippen molar-refractivity contribution in [2.45, 2.75) is 0 Å². The molecule has 0 spiro atoms. The maximum atomic E-state index is 9.52. The first-order valence-corrected chi connectivity index (χ1v) is 2.28. The van der Waals surface area contributed by atoms with E-state index < -0.39 is 7.91 Å². The molecule has 0 aromatic rings. The summed E-state index contributed by atoms with van der Waals surface area (Å²) in [6.07, 6.45) is 0. The molecular formula is CH3BO2P+. The number of hydrogen-bond donors (Lipinski definition) is 0. The first-order valence-electron chi connectivity index (χ1n) is 1.03. The highest BCUT2D eigenvalue weighted by molar-refractivity contribution is 7.67. The Balaban J connectivity index is 2.85. The largest absolute Gasteiger partial charge is 0.554 e. The molecule has 1 unspecified atom stereocenters. The van der Waals surface area contributed by atoms with Gasteiger partial charge < -0.3 is 0 Å². The lowest BCUT2D eigenvalue weighted by molar-refractivity contribution is 0.427. The van der Waals surface area contributed by atoms with Crippen LogP contribution in [-0.2, 0) is 9.09 Å². The molecule has 0 aliphatic carbocycles. The fourth-order valence-electron chi connectivity index (χ4n) is 0. The summed E-state index contributed by atoms with van der Waals surface area (Å²) in [5.74, 6) is 0. The summed E-state index contributed by atoms with van der Waals surface area (Å²) >= 11 is 0. The molecular weight excluding hydrogens is 85.8 g/mol. The molecule has 2 radical (unpaired) electrons. The monoisotopic (exact) mass is 89.0 g/mol. The summed E-state index contributed by atoms with van der Waals surface area (Å²) in [6.45, 7) is 0. The van der Waals surface area contributed by atoms with Crippen LogP contribution in [0.5, 0.6) is 0 Å². The summed E-state index contributed by atoms with van der Waals surface area (Å²) < 4.78 is 13.6. The maximum absolute atomic E-state index is 9.52. The molecule has 0 rings (SSSR count). The van der Waals surface area contributed by atoms with Gasteiger partial charge in [0.15, 0.2) is 0 Å². The standard InChI is InChI=1S/CH3BO2P/c1-4-5(2)3/h1H3/q+1. The topological polar surface area (TPSA) is 26.3 Å². The van der Waals surface area contributed by atoms with Gasteiger partial charge in [-0.15, -0.1) is 0 Å². The highest BCUT2D eigenvalue weighted by atomic mass is 31.1. The second kappa shape index (κ2) is 2.37. The molecule has 0 aromatic carbocycles. The normalized spacial score (nSPS) is 11.0. The van der Waals surface area contributed by atoms with Crippen molar-refractivity contribution in [1.82, 2.24) is 0 Å². The molecule has 0 aliphatic heterocycles. The van der Waals surface area contributed by atoms with Gasteiger partial charge in [0.1, 0.15) is 0 Å². The van der Waals surface area contributed by atoms with Crippen molar-refractivity contribution in [3.63, 3.8) is 0 Å². The molecule has 0 saturated heterocycles. The van der Waals surface area contributed by atoms with Crippen LogP contribution in [0.2, 0.25) is 0 Å². The minimum absolute atomic E-state index is 1.29. The van der Waals surface area contributed by atoms with E-state index in [0.717, 1.165) is 0 Å². The molecule has 0 heterocycles. The Morgan fingerprint density at radius 2 is 2.20 bits per heavy atom. The third kappa shape index (κ3) is 4.12. The van der Waals surface area contributed by atoms with Crippen molar-refractivity contribution in [3.8, 4) is 0 Å². The lowest BCUT2D eigenvalue weighted by atomic mass is 10.8. The van der Waals surface area contributed by atoms with Crippen LogP contribution in [0.3, 0.4) is 0 Å². The molecule has 0 saturated carbocycles. The predicted octanol–water partition coefficient (Wildman–Crippen LogP) is 0.459. The van der Waals surface area contributed by atoms with Crippen LogP contribution in [-0.4, -0.2) is 14.7 Å². The number of hydrogen-bond acceptors (Lipinski definition) is 2. The summed E-state index contributed by atoms with van der Waals surface area (Å²) in [7, 11) is 4.02. The summed E-state index contributed by atoms with van der Waals surface area (Å²) in [6, 6.07) is 0. The summed E-state index contributed by atoms with van der Waals surface area (Å²) in [4.78, 5) is 0. The Hall–Kier alpha value is 0.125. The Morgan fingerprint density at radius 3 is 2.20 bits per heavy atom. The predicted molar refractivity (Wildman–Crippen MR) is 20.4 cm³/mol. The Morgan fingerprint density at radius 1 is 2.00 bits per heavy atom. The lowest BCUT2D eigenvalue weighted by Crippen LogP contribution is -1.58. The average Bonchev–Trinajstić information content (AvgIpc) is 1.38. The zero-order chi connectivity index (χ0) is 4.28. The van der Waals surface area contributed by atoms with Crippen LogP contribution in [0.4, 0.5) is 0 Å². The van der Waals surface area contributed by atoms with Crippen molar-refractivity contribution in [2.75, 3.05) is 7.11 Å². The Labute approximate surface area is 32.8 Å². The van der Waals surface area contributed by atoms with Crippen molar-refractivity contribution >= 4 is 15.5 Å². The van der Waals surface area contributed by atoms with E-state index in [1.165, 1.54) is 7.11 Å². The smallest absolute Gasteiger partial charge is 0.167 e. The summed E-state index contributed by atoms with van der Waals surface area (Å²) in [5, 5.41) is 0. The first-order chi connectivity index (χ1) is 2.27. The second-order valence-electron chi connectivity index (χ2n) is 0.468. The zero-order valence-electron chi connectivity index (χ0n) is 2.84. The Bertz CT molecular complexity index is 44.9. The van der Waals surface area contributed by atoms with E-state index in [2.05, 4.69) is 12.1 Å². The van der Waals surface area contributed by atoms with Gasteiger partial charge in [-0.1, -0.05) is 4.57 Å². The van der Waals surface area contributed by atoms with Gasteiger partial charge >= 0.3 is 15.5 Å². The van der Waals surface area contributed by atoms with Crippen LogP contribution < -0.4 is 0 Å². The van der Waals surface area contributed by atoms with E-state index >= 15 is 0 Å². The van der Waals surface area contributed by atoms with E-state index in [-0.39, 0.29) is 0 Å². The SMILES string of the molecule is [B][P+](=O)OC. The van der Waals surface area contributed by atoms with Crippen LogP contribution in [0, 0.1) is 0 Å². The number of rotatable bonds is 1. The molecule has 0 aliphatic rings. The molecule has 0 aromatic heterocycles. The quantitative estimate of drug-likeness (QED) is 0.344. The third-order valence-electron chi connectivity index (χ3n) is 0.180. The first kappa shape index (κ1) is 5.12. The van der Waals surface area contributed by atoms with E-state index in [9.17, 15) is 4.57 Å². The van der Waals surface area contributed by atoms with Crippen molar-refractivity contribution in [3.05, 3.63) is 0 Å². The van der Waals surface area contributed by atoms with E-state index in [4.69, 9.17) is 0 Å². The molecule has 5 heavy (non-hydrogen) atoms. The fourth-order valence-corrected chi connectivity index (χ4v) is 0. The molecule has 0 bridgehead atoms. The molecule has 0 N–H and O–H groups in total. The van der Waals surface area contributed by atoms with Gasteiger partial charge in [0, 0.05) is 0 Å². The molecule has 4 heteroatoms. The maximum Gasteiger partial charge on any atom is 0.554 e. The minimum atomic E-state index is -1.85. The molecule has 1 atom stereocenters. The van der Waals surface area contributed by atoms with Crippen molar-refractivity contribution < 1.29 is 9.09 Å². The van der Waals surface area contributed by atoms with Crippen LogP contribution in [0.25, 0.3) is 0 Å². The molecule has 2 nitrogen and oxygen atoms in total. The van der Waals surface area contributed by atoms with E-state index in [0.29, 0.717) is 0 Å². The van der Waals surface area contributed by atoms with Crippen molar-refractivity contribution in [2.24, 2.45) is 0 Å². The van der Waals surface area contributed by atoms with E-state index in [1.807, 2.05) is 0 Å². The Kier molecular flexibility index (Phi) is 2.43. The second-order valence-corrected chi connectivity index (χ2v) is 1.40. The van der Waals surface area contributed by atoms with Gasteiger partial charge in [0.25, 0.3) is 0 Å². The van der Waals surface area contributed by atoms with Gasteiger partial charge in [-0.25, -0.2) is 0 Å². The van der Waals surface area contributed by atoms with Crippen LogP contribution in [0.1, 0.15) is 0 Å². The minimum Gasteiger partial charge on any atom is -0.167 e. The van der Waals surface area contributed by atoms with Gasteiger partial charge in [-0.05, 0) is 0 Å². The zero-order valence-corrected chi connectivity index (χ0v) is 3.74. The van der Waals surface area contributed by atoms with Gasteiger partial charge in [0.05, 0.1) is 7.11 Å². The van der Waals surface area contributed by atoms with Gasteiger partial charge in [-0.3, -0.25) is 0 Å². The summed E-state index contributed by atoms with van der Waals surface area (Å²) in [5.41, 5.74) is 0. The lowest BCUT2D eigenvalue weighted by Gasteiger charge is -1.59. The van der Waals surface area contributed by atoms with Crippen LogP contribution >= 0.6 is 7.91 Å². The van der Waals surface area contributed by atoms with Crippen LogP contribution in [0.15, 0.2) is 0 Å². The van der Waals surface area contributed by atoms with E-state index in [1.54, 1.807) is 0 Å². The third-order valence-corrected chi connectivity index (χ3v) is 0.540. The average molecular weight is 88.8 g/mol. The van der Waals surface area contributed by atoms with Crippen molar-refractivity contribution in [1.29, 1.82) is 0 Å². The highest BCUT2D eigenvalue weighted by Crippen LogP contribution is 2.08. The highest BCUT2D eigenvalue weighted by Gasteiger charge is 1.98. The van der Waals surface area contributed by atoms with Gasteiger partial charge in [0.2, 0.25) is 0 Å². The van der Waals surface area contributed by atoms with Gasteiger partial charge in [-0.2, -0.15) is 4.52 Å².